The molecule has 2 N–H and O–H groups in total. The average Bonchev–Trinajstić information content (AvgIpc) is 2.59. The van der Waals surface area contributed by atoms with Crippen LogP contribution >= 0.6 is 0 Å². The van der Waals surface area contributed by atoms with Crippen LogP contribution in [0.2, 0.25) is 0 Å². The predicted octanol–water partition coefficient (Wildman–Crippen LogP) is 1.33. The van der Waals surface area contributed by atoms with Crippen molar-refractivity contribution >= 4 is 0 Å². The summed E-state index contributed by atoms with van der Waals surface area (Å²) in [5, 5.41) is 5.68. The Balaban J connectivity index is 2.50. The molecular formula is C12H14FN3O. The quantitative estimate of drug-likeness (QED) is 0.843. The largest absolute Gasteiger partial charge is 0.315 e. The summed E-state index contributed by atoms with van der Waals surface area (Å²) in [4.78, 5) is 11.7. The Morgan fingerprint density at radius 3 is 2.59 bits per heavy atom. The molecule has 1 heterocycles. The van der Waals surface area contributed by atoms with Gasteiger partial charge in [-0.05, 0) is 38.2 Å². The monoisotopic (exact) mass is 235 g/mol. The van der Waals surface area contributed by atoms with Gasteiger partial charge in [0.25, 0.3) is 5.56 Å². The third-order valence-electron chi connectivity index (χ3n) is 2.70. The zero-order valence-electron chi connectivity index (χ0n) is 9.75. The van der Waals surface area contributed by atoms with Crippen LogP contribution in [0.25, 0.3) is 5.69 Å². The lowest BCUT2D eigenvalue weighted by Gasteiger charge is -2.05. The number of hydrogen-bond acceptors (Lipinski definition) is 2. The number of H-pyrrole nitrogens is 1. The molecule has 0 unspecified atom stereocenters. The van der Waals surface area contributed by atoms with Gasteiger partial charge in [0.05, 0.1) is 11.3 Å². The molecule has 2 aromatic rings. The number of benzene rings is 1. The van der Waals surface area contributed by atoms with Gasteiger partial charge in [-0.15, -0.1) is 0 Å². The second kappa shape index (κ2) is 4.55. The summed E-state index contributed by atoms with van der Waals surface area (Å²) in [5.74, 6) is -0.295. The molecule has 0 spiro atoms. The van der Waals surface area contributed by atoms with Gasteiger partial charge < -0.3 is 5.32 Å². The van der Waals surface area contributed by atoms with E-state index in [0.717, 1.165) is 11.4 Å². The van der Waals surface area contributed by atoms with Crippen LogP contribution in [0.4, 0.5) is 4.39 Å². The minimum absolute atomic E-state index is 0.124. The Kier molecular flexibility index (Phi) is 3.10. The summed E-state index contributed by atoms with van der Waals surface area (Å²) in [6, 6.07) is 5.98. The molecule has 0 saturated heterocycles. The van der Waals surface area contributed by atoms with Crippen molar-refractivity contribution in [3.05, 3.63) is 51.7 Å². The molecule has 0 amide bonds. The van der Waals surface area contributed by atoms with Crippen molar-refractivity contribution in [3.8, 4) is 5.69 Å². The van der Waals surface area contributed by atoms with E-state index in [9.17, 15) is 9.18 Å². The standard InChI is InChI=1S/C12H14FN3O/c1-8-11(7-14-2)12(17)15-16(8)10-5-3-9(13)4-6-10/h3-6,14H,7H2,1-2H3,(H,15,17). The molecule has 4 nitrogen and oxygen atoms in total. The van der Waals surface area contributed by atoms with E-state index in [1.54, 1.807) is 23.9 Å². The molecule has 2 rings (SSSR count). The molecular weight excluding hydrogens is 221 g/mol. The smallest absolute Gasteiger partial charge is 0.269 e. The summed E-state index contributed by atoms with van der Waals surface area (Å²) >= 11 is 0. The molecule has 0 fully saturated rings. The van der Waals surface area contributed by atoms with Gasteiger partial charge in [-0.25, -0.2) is 4.39 Å². The minimum Gasteiger partial charge on any atom is -0.315 e. The van der Waals surface area contributed by atoms with Crippen molar-refractivity contribution in [3.63, 3.8) is 0 Å². The highest BCUT2D eigenvalue weighted by Gasteiger charge is 2.10. The van der Waals surface area contributed by atoms with Crippen LogP contribution in [0, 0.1) is 12.7 Å². The minimum atomic E-state index is -0.295. The number of rotatable bonds is 3. The third-order valence-corrected chi connectivity index (χ3v) is 2.70. The van der Waals surface area contributed by atoms with Crippen LogP contribution in [0.15, 0.2) is 29.1 Å². The van der Waals surface area contributed by atoms with Crippen molar-refractivity contribution < 1.29 is 4.39 Å². The first-order chi connectivity index (χ1) is 8.13. The van der Waals surface area contributed by atoms with E-state index in [-0.39, 0.29) is 11.4 Å². The molecule has 0 aliphatic heterocycles. The number of nitrogens with zero attached hydrogens (tertiary/aromatic N) is 1. The number of halogens is 1. The first-order valence-electron chi connectivity index (χ1n) is 5.34. The van der Waals surface area contributed by atoms with Crippen molar-refractivity contribution in [1.82, 2.24) is 15.1 Å². The van der Waals surface area contributed by atoms with Gasteiger partial charge in [-0.2, -0.15) is 0 Å². The van der Waals surface area contributed by atoms with Crippen molar-refractivity contribution in [2.45, 2.75) is 13.5 Å². The summed E-state index contributed by atoms with van der Waals surface area (Å²) in [6.07, 6.45) is 0. The van der Waals surface area contributed by atoms with E-state index in [0.29, 0.717) is 12.1 Å². The Hall–Kier alpha value is -1.88. The Morgan fingerprint density at radius 2 is 2.00 bits per heavy atom. The Morgan fingerprint density at radius 1 is 1.35 bits per heavy atom. The summed E-state index contributed by atoms with van der Waals surface area (Å²) in [5.41, 5.74) is 2.14. The van der Waals surface area contributed by atoms with Gasteiger partial charge in [0.2, 0.25) is 0 Å². The first-order valence-corrected chi connectivity index (χ1v) is 5.34. The van der Waals surface area contributed by atoms with E-state index >= 15 is 0 Å². The van der Waals surface area contributed by atoms with Crippen LogP contribution < -0.4 is 10.9 Å². The highest BCUT2D eigenvalue weighted by molar-refractivity contribution is 5.34. The number of hydrogen-bond donors (Lipinski definition) is 2. The number of nitrogens with one attached hydrogen (secondary N) is 2. The van der Waals surface area contributed by atoms with Gasteiger partial charge in [0, 0.05) is 12.2 Å². The van der Waals surface area contributed by atoms with Gasteiger partial charge >= 0.3 is 0 Å². The molecule has 0 atom stereocenters. The van der Waals surface area contributed by atoms with Gasteiger partial charge in [0.15, 0.2) is 0 Å². The molecule has 0 aliphatic carbocycles. The van der Waals surface area contributed by atoms with Crippen LogP contribution in [-0.2, 0) is 6.54 Å². The molecule has 0 bridgehead atoms. The van der Waals surface area contributed by atoms with Gasteiger partial charge in [0.1, 0.15) is 5.82 Å². The molecule has 90 valence electrons. The lowest BCUT2D eigenvalue weighted by Crippen LogP contribution is -2.14. The lowest BCUT2D eigenvalue weighted by molar-refractivity contribution is 0.627. The molecule has 0 saturated carbocycles. The summed E-state index contributed by atoms with van der Waals surface area (Å²) < 4.78 is 14.5. The van der Waals surface area contributed by atoms with Crippen LogP contribution in [0.1, 0.15) is 11.3 Å². The molecule has 0 radical (unpaired) electrons. The topological polar surface area (TPSA) is 49.8 Å². The Labute approximate surface area is 98.1 Å². The fourth-order valence-corrected chi connectivity index (χ4v) is 1.79. The zero-order valence-corrected chi connectivity index (χ0v) is 9.75. The second-order valence-corrected chi connectivity index (χ2v) is 3.85. The fourth-order valence-electron chi connectivity index (χ4n) is 1.79. The van der Waals surface area contributed by atoms with E-state index < -0.39 is 0 Å². The zero-order chi connectivity index (χ0) is 12.4. The summed E-state index contributed by atoms with van der Waals surface area (Å²) in [7, 11) is 1.79. The van der Waals surface area contributed by atoms with E-state index in [1.807, 2.05) is 6.92 Å². The lowest BCUT2D eigenvalue weighted by atomic mass is 10.2. The van der Waals surface area contributed by atoms with E-state index in [4.69, 9.17) is 0 Å². The predicted molar refractivity (Wildman–Crippen MR) is 63.8 cm³/mol. The van der Waals surface area contributed by atoms with Gasteiger partial charge in [-0.1, -0.05) is 0 Å². The van der Waals surface area contributed by atoms with E-state index in [2.05, 4.69) is 10.4 Å². The van der Waals surface area contributed by atoms with Crippen LogP contribution in [0.5, 0.6) is 0 Å². The average molecular weight is 235 g/mol. The number of aromatic amines is 1. The maximum absolute atomic E-state index is 12.8. The molecule has 0 aliphatic rings. The highest BCUT2D eigenvalue weighted by Crippen LogP contribution is 2.11. The fraction of sp³-hybridized carbons (Fsp3) is 0.250. The molecule has 1 aromatic heterocycles. The maximum Gasteiger partial charge on any atom is 0.269 e. The maximum atomic E-state index is 12.8. The Bertz CT molecular complexity index is 568. The second-order valence-electron chi connectivity index (χ2n) is 3.85. The van der Waals surface area contributed by atoms with Crippen molar-refractivity contribution in [1.29, 1.82) is 0 Å². The van der Waals surface area contributed by atoms with Crippen molar-refractivity contribution in [2.24, 2.45) is 0 Å². The van der Waals surface area contributed by atoms with Gasteiger partial charge in [-0.3, -0.25) is 14.6 Å². The SMILES string of the molecule is CNCc1c(C)n(-c2ccc(F)cc2)[nH]c1=O. The van der Waals surface area contributed by atoms with Crippen LogP contribution in [0.3, 0.4) is 0 Å². The van der Waals surface area contributed by atoms with Crippen LogP contribution in [-0.4, -0.2) is 16.8 Å². The molecule has 5 heteroatoms. The van der Waals surface area contributed by atoms with E-state index in [1.165, 1.54) is 12.1 Å². The normalized spacial score (nSPS) is 10.8. The molecule has 1 aromatic carbocycles. The summed E-state index contributed by atoms with van der Waals surface area (Å²) in [6.45, 7) is 2.36. The number of aromatic nitrogens is 2. The highest BCUT2D eigenvalue weighted by atomic mass is 19.1. The third kappa shape index (κ3) is 2.14. The molecule has 17 heavy (non-hydrogen) atoms. The van der Waals surface area contributed by atoms with Crippen molar-refractivity contribution in [2.75, 3.05) is 7.05 Å². The first kappa shape index (κ1) is 11.6.